The molecule has 2 rings (SSSR count). The maximum Gasteiger partial charge on any atom is 0.246 e. The number of piperazine rings is 1. The van der Waals surface area contributed by atoms with Gasteiger partial charge in [0.2, 0.25) is 11.8 Å². The molecule has 0 aliphatic carbocycles. The van der Waals surface area contributed by atoms with E-state index >= 15 is 0 Å². The minimum Gasteiger partial charge on any atom is -0.329 e. The van der Waals surface area contributed by atoms with Gasteiger partial charge in [-0.15, -0.1) is 0 Å². The Bertz CT molecular complexity index is 555. The van der Waals surface area contributed by atoms with E-state index in [2.05, 4.69) is 0 Å². The Morgan fingerprint density at radius 2 is 1.81 bits per heavy atom. The Kier molecular flexibility index (Phi) is 4.08. The fraction of sp³-hybridized carbons (Fsp3) is 0.857. The zero-order chi connectivity index (χ0) is 16.0. The lowest BCUT2D eigenvalue weighted by molar-refractivity contribution is -0.163. The van der Waals surface area contributed by atoms with E-state index in [-0.39, 0.29) is 18.4 Å². The van der Waals surface area contributed by atoms with Crippen LogP contribution in [0, 0.1) is 0 Å². The predicted molar refractivity (Wildman–Crippen MR) is 79.4 cm³/mol. The smallest absolute Gasteiger partial charge is 0.246 e. The van der Waals surface area contributed by atoms with Crippen LogP contribution in [0.1, 0.15) is 40.0 Å². The van der Waals surface area contributed by atoms with Crippen molar-refractivity contribution in [1.82, 2.24) is 9.80 Å². The summed E-state index contributed by atoms with van der Waals surface area (Å²) >= 11 is 0. The molecule has 0 bridgehead atoms. The Balaban J connectivity index is 2.27. The highest BCUT2D eigenvalue weighted by atomic mass is 32.2. The zero-order valence-electron chi connectivity index (χ0n) is 13.1. The van der Waals surface area contributed by atoms with Crippen LogP contribution in [0.15, 0.2) is 0 Å². The highest BCUT2D eigenvalue weighted by Gasteiger charge is 2.47. The second kappa shape index (κ2) is 5.26. The summed E-state index contributed by atoms with van der Waals surface area (Å²) in [6.07, 6.45) is 3.70. The molecule has 2 aliphatic rings. The van der Waals surface area contributed by atoms with Crippen LogP contribution in [-0.2, 0) is 19.4 Å². The van der Waals surface area contributed by atoms with E-state index in [9.17, 15) is 18.0 Å². The topological polar surface area (TPSA) is 74.8 Å². The van der Waals surface area contributed by atoms with Crippen LogP contribution in [0.25, 0.3) is 0 Å². The molecule has 21 heavy (non-hydrogen) atoms. The van der Waals surface area contributed by atoms with Gasteiger partial charge in [0.1, 0.15) is 12.1 Å². The Hall–Kier alpha value is -1.11. The molecular formula is C14H24N2O4S. The monoisotopic (exact) mass is 316 g/mol. The first kappa shape index (κ1) is 16.3. The van der Waals surface area contributed by atoms with Gasteiger partial charge >= 0.3 is 0 Å². The fourth-order valence-corrected chi connectivity index (χ4v) is 3.32. The molecule has 2 amide bonds. The molecule has 2 saturated heterocycles. The molecule has 6 nitrogen and oxygen atoms in total. The summed E-state index contributed by atoms with van der Waals surface area (Å²) in [6, 6.07) is -0.995. The molecule has 2 fully saturated rings. The van der Waals surface area contributed by atoms with Gasteiger partial charge in [-0.3, -0.25) is 9.59 Å². The minimum atomic E-state index is -3.31. The largest absolute Gasteiger partial charge is 0.329 e. The van der Waals surface area contributed by atoms with E-state index in [1.807, 2.05) is 0 Å². The van der Waals surface area contributed by atoms with E-state index in [1.165, 1.54) is 11.2 Å². The molecule has 2 heterocycles. The summed E-state index contributed by atoms with van der Waals surface area (Å²) < 4.78 is 22.7. The van der Waals surface area contributed by atoms with E-state index < -0.39 is 26.7 Å². The van der Waals surface area contributed by atoms with Crippen molar-refractivity contribution >= 4 is 21.7 Å². The third-order valence-electron chi connectivity index (χ3n) is 4.73. The number of hydrogen-bond donors (Lipinski definition) is 0. The first-order chi connectivity index (χ1) is 9.56. The predicted octanol–water partition coefficient (Wildman–Crippen LogP) is 0.421. The number of hydrogen-bond acceptors (Lipinski definition) is 4. The van der Waals surface area contributed by atoms with Crippen molar-refractivity contribution in [2.24, 2.45) is 0 Å². The van der Waals surface area contributed by atoms with Gasteiger partial charge in [-0.25, -0.2) is 8.42 Å². The van der Waals surface area contributed by atoms with Crippen molar-refractivity contribution in [3.63, 3.8) is 0 Å². The van der Waals surface area contributed by atoms with Crippen molar-refractivity contribution in [3.8, 4) is 0 Å². The van der Waals surface area contributed by atoms with Gasteiger partial charge in [0, 0.05) is 19.3 Å². The van der Waals surface area contributed by atoms with Gasteiger partial charge < -0.3 is 9.80 Å². The number of rotatable bonds is 3. The first-order valence-electron chi connectivity index (χ1n) is 7.37. The standard InChI is InChI=1S/C14H24N2O4S/c1-10-12(17)15-8-6-5-7-11(15)13(18)16(10)9-14(2,3)21(4,19)20/h10-11H,5-9H2,1-4H3. The van der Waals surface area contributed by atoms with Crippen molar-refractivity contribution in [1.29, 1.82) is 0 Å². The van der Waals surface area contributed by atoms with E-state index in [0.29, 0.717) is 13.0 Å². The fourth-order valence-electron chi connectivity index (χ4n) is 2.95. The summed E-state index contributed by atoms with van der Waals surface area (Å²) in [5, 5.41) is 0. The lowest BCUT2D eigenvalue weighted by Gasteiger charge is -2.47. The van der Waals surface area contributed by atoms with Gasteiger partial charge in [0.05, 0.1) is 4.75 Å². The third-order valence-corrected chi connectivity index (χ3v) is 6.87. The molecule has 7 heteroatoms. The van der Waals surface area contributed by atoms with Crippen molar-refractivity contribution in [2.75, 3.05) is 19.3 Å². The van der Waals surface area contributed by atoms with Crippen LogP contribution < -0.4 is 0 Å². The number of carbonyl (C=O) groups excluding carboxylic acids is 2. The van der Waals surface area contributed by atoms with Gasteiger partial charge in [0.25, 0.3) is 0 Å². The molecule has 0 saturated carbocycles. The molecule has 2 atom stereocenters. The highest BCUT2D eigenvalue weighted by Crippen LogP contribution is 2.28. The maximum absolute atomic E-state index is 12.7. The SMILES string of the molecule is CC1C(=O)N2CCCCC2C(=O)N1CC(C)(C)S(C)(=O)=O. The summed E-state index contributed by atoms with van der Waals surface area (Å²) in [4.78, 5) is 28.2. The molecule has 0 aromatic rings. The Morgan fingerprint density at radius 3 is 2.38 bits per heavy atom. The zero-order valence-corrected chi connectivity index (χ0v) is 13.9. The summed E-state index contributed by atoms with van der Waals surface area (Å²) in [5.74, 6) is -0.179. The molecule has 0 spiro atoms. The van der Waals surface area contributed by atoms with Gasteiger partial charge in [-0.1, -0.05) is 0 Å². The average Bonchev–Trinajstić information content (AvgIpc) is 2.40. The van der Waals surface area contributed by atoms with E-state index in [4.69, 9.17) is 0 Å². The highest BCUT2D eigenvalue weighted by molar-refractivity contribution is 7.92. The van der Waals surface area contributed by atoms with Gasteiger partial charge in [-0.2, -0.15) is 0 Å². The maximum atomic E-state index is 12.7. The number of sulfone groups is 1. The molecule has 0 aromatic heterocycles. The van der Waals surface area contributed by atoms with E-state index in [0.717, 1.165) is 12.8 Å². The van der Waals surface area contributed by atoms with Crippen LogP contribution in [0.5, 0.6) is 0 Å². The van der Waals surface area contributed by atoms with Crippen LogP contribution in [0.3, 0.4) is 0 Å². The summed E-state index contributed by atoms with van der Waals surface area (Å²) in [7, 11) is -3.31. The van der Waals surface area contributed by atoms with Crippen LogP contribution in [-0.4, -0.2) is 66.2 Å². The Labute approximate surface area is 126 Å². The van der Waals surface area contributed by atoms with Crippen molar-refractivity contribution in [2.45, 2.75) is 56.9 Å². The molecule has 2 aliphatic heterocycles. The number of fused-ring (bicyclic) bond motifs is 1. The lowest BCUT2D eigenvalue weighted by atomic mass is 9.95. The molecule has 0 aromatic carbocycles. The Morgan fingerprint density at radius 1 is 1.19 bits per heavy atom. The quantitative estimate of drug-likeness (QED) is 0.756. The normalized spacial score (nSPS) is 27.8. The number of carbonyl (C=O) groups is 2. The van der Waals surface area contributed by atoms with E-state index in [1.54, 1.807) is 25.7 Å². The van der Waals surface area contributed by atoms with Crippen LogP contribution in [0.4, 0.5) is 0 Å². The molecule has 120 valence electrons. The van der Waals surface area contributed by atoms with Crippen molar-refractivity contribution < 1.29 is 18.0 Å². The van der Waals surface area contributed by atoms with Crippen molar-refractivity contribution in [3.05, 3.63) is 0 Å². The molecule has 0 radical (unpaired) electrons. The van der Waals surface area contributed by atoms with Crippen LogP contribution >= 0.6 is 0 Å². The number of amides is 2. The second-order valence-corrected chi connectivity index (χ2v) is 9.37. The van der Waals surface area contributed by atoms with Gasteiger partial charge in [-0.05, 0) is 40.0 Å². The van der Waals surface area contributed by atoms with Crippen LogP contribution in [0.2, 0.25) is 0 Å². The van der Waals surface area contributed by atoms with Gasteiger partial charge in [0.15, 0.2) is 9.84 Å². The third kappa shape index (κ3) is 2.80. The number of nitrogens with zero attached hydrogens (tertiary/aromatic N) is 2. The number of piperidine rings is 1. The lowest BCUT2D eigenvalue weighted by Crippen LogP contribution is -2.67. The molecule has 2 unspecified atom stereocenters. The summed E-state index contributed by atoms with van der Waals surface area (Å²) in [5.41, 5.74) is 0. The molecular weight excluding hydrogens is 292 g/mol. The molecule has 0 N–H and O–H groups in total. The second-order valence-electron chi connectivity index (χ2n) is 6.72. The first-order valence-corrected chi connectivity index (χ1v) is 9.26. The average molecular weight is 316 g/mol. The summed E-state index contributed by atoms with van der Waals surface area (Å²) in [6.45, 7) is 5.56. The minimum absolute atomic E-state index is 0.0575.